The summed E-state index contributed by atoms with van der Waals surface area (Å²) in [5.74, 6) is 0.0281. The van der Waals surface area contributed by atoms with Gasteiger partial charge < -0.3 is 10.2 Å². The van der Waals surface area contributed by atoms with E-state index in [1.807, 2.05) is 4.08 Å². The second-order valence-corrected chi connectivity index (χ2v) is 3.63. The number of hydrogen-bond acceptors (Lipinski definition) is 2. The van der Waals surface area contributed by atoms with Crippen LogP contribution in [-0.2, 0) is 0 Å². The topological polar surface area (TPSA) is 40.5 Å². The van der Waals surface area contributed by atoms with Crippen LogP contribution in [0.15, 0.2) is 22.0 Å². The normalized spacial score (nSPS) is 18.6. The molecule has 3 heteroatoms. The molecule has 0 radical (unpaired) electrons. The van der Waals surface area contributed by atoms with Crippen molar-refractivity contribution in [2.45, 2.75) is 0 Å². The van der Waals surface area contributed by atoms with Crippen LogP contribution >= 0.6 is 20.7 Å². The Morgan fingerprint density at radius 3 is 2.50 bits per heavy atom. The van der Waals surface area contributed by atoms with Crippen molar-refractivity contribution in [2.24, 2.45) is 0 Å². The fraction of sp³-hybridized carbons (Fsp3) is 0. The molecule has 0 aromatic heterocycles. The van der Waals surface area contributed by atoms with Crippen LogP contribution in [-0.4, -0.2) is 13.9 Å². The number of aliphatic hydroxyl groups excluding tert-OH is 2. The Labute approximate surface area is 56.9 Å². The van der Waals surface area contributed by atoms with Gasteiger partial charge in [0.05, 0.1) is 0 Å². The molecular weight excluding hydrogens is 219 g/mol. The van der Waals surface area contributed by atoms with Gasteiger partial charge in [0.15, 0.2) is 5.76 Å². The molecule has 1 aliphatic rings. The molecule has 2 N–H and O–H groups in total. The Morgan fingerprint density at radius 2 is 2.12 bits per heavy atom. The lowest BCUT2D eigenvalue weighted by Crippen LogP contribution is -1.96. The van der Waals surface area contributed by atoms with Crippen molar-refractivity contribution in [1.29, 1.82) is 0 Å². The van der Waals surface area contributed by atoms with Crippen molar-refractivity contribution >= 4 is 24.4 Å². The van der Waals surface area contributed by atoms with Gasteiger partial charge in [-0.05, 0) is 10.2 Å². The molecule has 0 fully saturated rings. The molecule has 0 aromatic rings. The van der Waals surface area contributed by atoms with E-state index in [4.69, 9.17) is 10.2 Å². The molecular formula is C5H5IO2. The molecule has 0 unspecified atom stereocenters. The summed E-state index contributed by atoms with van der Waals surface area (Å²) in [4.78, 5) is 0. The molecule has 2 nitrogen and oxygen atoms in total. The molecule has 0 spiro atoms. The summed E-state index contributed by atoms with van der Waals surface area (Å²) in [6.45, 7) is 0. The van der Waals surface area contributed by atoms with Gasteiger partial charge in [-0.15, -0.1) is 0 Å². The van der Waals surface area contributed by atoms with Crippen molar-refractivity contribution in [3.8, 4) is 0 Å². The summed E-state index contributed by atoms with van der Waals surface area (Å²) in [7, 11) is 0. The summed E-state index contributed by atoms with van der Waals surface area (Å²) in [5, 5.41) is 17.5. The maximum absolute atomic E-state index is 8.77. The van der Waals surface area contributed by atoms with E-state index in [0.717, 1.165) is 0 Å². The van der Waals surface area contributed by atoms with Gasteiger partial charge in [0, 0.05) is 0 Å². The van der Waals surface area contributed by atoms with Crippen molar-refractivity contribution < 1.29 is 10.2 Å². The number of allylic oxidation sites excluding steroid dienone is 2. The third-order valence-corrected chi connectivity index (χ3v) is 2.62. The summed E-state index contributed by atoms with van der Waals surface area (Å²) >= 11 is -0.415. The average molecular weight is 224 g/mol. The van der Waals surface area contributed by atoms with Gasteiger partial charge >= 0.3 is 0 Å². The molecule has 0 saturated heterocycles. The Kier molecular flexibility index (Phi) is 1.80. The van der Waals surface area contributed by atoms with Crippen LogP contribution in [0, 0.1) is 0 Å². The SMILES string of the molecule is OC1=CC=CI=C1O. The second kappa shape index (κ2) is 2.41. The van der Waals surface area contributed by atoms with E-state index in [1.54, 1.807) is 6.08 Å². The maximum atomic E-state index is 8.77. The second-order valence-electron chi connectivity index (χ2n) is 1.27. The van der Waals surface area contributed by atoms with E-state index in [9.17, 15) is 0 Å². The van der Waals surface area contributed by atoms with E-state index in [2.05, 4.69) is 0 Å². The van der Waals surface area contributed by atoms with Gasteiger partial charge in [-0.25, -0.2) is 0 Å². The molecule has 0 amide bonds. The van der Waals surface area contributed by atoms with Gasteiger partial charge in [-0.1, -0.05) is 26.8 Å². The lowest BCUT2D eigenvalue weighted by molar-refractivity contribution is 0.414. The van der Waals surface area contributed by atoms with Crippen LogP contribution in [0.25, 0.3) is 0 Å². The molecule has 0 bridgehead atoms. The van der Waals surface area contributed by atoms with Crippen LogP contribution in [0.4, 0.5) is 0 Å². The minimum atomic E-state index is -0.415. The standard InChI is InChI=1S/C5H5IO2/c7-4-2-1-3-6-5(4)8/h1-3,7-8H. The highest BCUT2D eigenvalue weighted by Gasteiger charge is 1.97. The largest absolute Gasteiger partial charge is 0.505 e. The zero-order chi connectivity index (χ0) is 5.98. The Hall–Kier alpha value is -0.160. The first-order valence-electron chi connectivity index (χ1n) is 2.06. The summed E-state index contributed by atoms with van der Waals surface area (Å²) in [5.41, 5.74) is 0. The van der Waals surface area contributed by atoms with Crippen LogP contribution in [0.2, 0.25) is 0 Å². The van der Waals surface area contributed by atoms with Gasteiger partial charge in [0.1, 0.15) is 3.69 Å². The van der Waals surface area contributed by atoms with Gasteiger partial charge in [0.2, 0.25) is 0 Å². The highest BCUT2D eigenvalue weighted by atomic mass is 127. The zero-order valence-corrected chi connectivity index (χ0v) is 6.16. The predicted octanol–water partition coefficient (Wildman–Crippen LogP) is 1.43. The first-order chi connectivity index (χ1) is 3.80. The molecule has 0 saturated carbocycles. The monoisotopic (exact) mass is 224 g/mol. The molecule has 0 aliphatic carbocycles. The van der Waals surface area contributed by atoms with Crippen LogP contribution in [0.3, 0.4) is 0 Å². The minimum Gasteiger partial charge on any atom is -0.505 e. The summed E-state index contributed by atoms with van der Waals surface area (Å²) in [6.07, 6.45) is 3.24. The molecule has 1 rings (SSSR count). The molecule has 8 heavy (non-hydrogen) atoms. The molecule has 0 aromatic carbocycles. The zero-order valence-electron chi connectivity index (χ0n) is 4.00. The van der Waals surface area contributed by atoms with E-state index in [1.165, 1.54) is 6.08 Å². The van der Waals surface area contributed by atoms with Gasteiger partial charge in [-0.2, -0.15) is 0 Å². The smallest absolute Gasteiger partial charge is 0.151 e. The van der Waals surface area contributed by atoms with Crippen molar-refractivity contribution in [1.82, 2.24) is 0 Å². The van der Waals surface area contributed by atoms with Crippen LogP contribution in [0.5, 0.6) is 0 Å². The number of rotatable bonds is 0. The van der Waals surface area contributed by atoms with E-state index in [-0.39, 0.29) is 9.45 Å². The fourth-order valence-electron chi connectivity index (χ4n) is 0.348. The van der Waals surface area contributed by atoms with E-state index in [0.29, 0.717) is 0 Å². The quantitative estimate of drug-likeness (QED) is 0.611. The third-order valence-electron chi connectivity index (χ3n) is 0.705. The first kappa shape index (κ1) is 5.97. The Balaban J connectivity index is 2.93. The minimum absolute atomic E-state index is 0.0281. The van der Waals surface area contributed by atoms with Gasteiger partial charge in [-0.3, -0.25) is 0 Å². The fourth-order valence-corrected chi connectivity index (χ4v) is 1.60. The lowest BCUT2D eigenvalue weighted by Gasteiger charge is -1.96. The molecule has 0 atom stereocenters. The maximum Gasteiger partial charge on any atom is 0.151 e. The Bertz CT molecular complexity index is 159. The van der Waals surface area contributed by atoms with Crippen molar-refractivity contribution in [3.05, 3.63) is 22.0 Å². The van der Waals surface area contributed by atoms with Crippen LogP contribution < -0.4 is 0 Å². The van der Waals surface area contributed by atoms with Crippen molar-refractivity contribution in [2.75, 3.05) is 0 Å². The van der Waals surface area contributed by atoms with E-state index < -0.39 is 20.7 Å². The average Bonchev–Trinajstić information content (AvgIpc) is 1.77. The number of halogens is 1. The molecule has 44 valence electrons. The number of aliphatic hydroxyl groups is 2. The lowest BCUT2D eigenvalue weighted by atomic mass is 10.4. The third kappa shape index (κ3) is 1.16. The predicted molar refractivity (Wildman–Crippen MR) is 40.8 cm³/mol. The highest BCUT2D eigenvalue weighted by Crippen LogP contribution is 2.11. The van der Waals surface area contributed by atoms with Crippen LogP contribution in [0.1, 0.15) is 0 Å². The highest BCUT2D eigenvalue weighted by molar-refractivity contribution is 14.2. The molecule has 1 aliphatic heterocycles. The Morgan fingerprint density at radius 1 is 1.38 bits per heavy atom. The van der Waals surface area contributed by atoms with Gasteiger partial charge in [0.25, 0.3) is 0 Å². The van der Waals surface area contributed by atoms with Crippen molar-refractivity contribution in [3.63, 3.8) is 0 Å². The number of hydrogen-bond donors (Lipinski definition) is 2. The van der Waals surface area contributed by atoms with E-state index >= 15 is 0 Å². The summed E-state index contributed by atoms with van der Waals surface area (Å²) in [6, 6.07) is 0. The summed E-state index contributed by atoms with van der Waals surface area (Å²) < 4.78 is 2.04. The first-order valence-corrected chi connectivity index (χ1v) is 4.38. The molecule has 1 heterocycles.